The van der Waals surface area contributed by atoms with E-state index >= 15 is 0 Å². The van der Waals surface area contributed by atoms with Crippen molar-refractivity contribution < 1.29 is 4.79 Å². The average molecular weight is 229 g/mol. The van der Waals surface area contributed by atoms with Crippen molar-refractivity contribution in [2.45, 2.75) is 19.3 Å². The highest BCUT2D eigenvalue weighted by Crippen LogP contribution is 2.28. The van der Waals surface area contributed by atoms with Crippen LogP contribution in [-0.2, 0) is 4.79 Å². The summed E-state index contributed by atoms with van der Waals surface area (Å²) in [5, 5.41) is 0. The van der Waals surface area contributed by atoms with Crippen LogP contribution in [0.25, 0.3) is 0 Å². The number of likely N-dealkylation sites (N-methyl/N-ethyl adjacent to an activating group) is 1. The Morgan fingerprint density at radius 3 is 2.59 bits per heavy atom. The van der Waals surface area contributed by atoms with Gasteiger partial charge in [0.25, 0.3) is 0 Å². The van der Waals surface area contributed by atoms with E-state index in [4.69, 9.17) is 0 Å². The van der Waals surface area contributed by atoms with Gasteiger partial charge in [0.15, 0.2) is 0 Å². The van der Waals surface area contributed by atoms with Gasteiger partial charge in [-0.3, -0.25) is 4.79 Å². The third-order valence-electron chi connectivity index (χ3n) is 3.28. The van der Waals surface area contributed by atoms with Crippen LogP contribution in [0.2, 0.25) is 0 Å². The number of hydrogen-bond acceptors (Lipinski definition) is 2. The summed E-state index contributed by atoms with van der Waals surface area (Å²) in [5.74, 6) is 0.177. The van der Waals surface area contributed by atoms with Crippen molar-refractivity contribution in [2.24, 2.45) is 0 Å². The second-order valence-electron chi connectivity index (χ2n) is 4.76. The van der Waals surface area contributed by atoms with Gasteiger partial charge in [0, 0.05) is 13.1 Å². The summed E-state index contributed by atoms with van der Waals surface area (Å²) in [6.45, 7) is 3.68. The Bertz CT molecular complexity index is 422. The van der Waals surface area contributed by atoms with Gasteiger partial charge >= 0.3 is 0 Å². The van der Waals surface area contributed by atoms with E-state index in [0.717, 1.165) is 25.1 Å². The Balaban J connectivity index is 2.30. The van der Waals surface area contributed by atoms with Gasteiger partial charge in [-0.05, 0) is 31.5 Å². The highest BCUT2D eigenvalue weighted by atomic mass is 16.1. The quantitative estimate of drug-likeness (QED) is 0.743. The van der Waals surface area contributed by atoms with Crippen LogP contribution in [0.1, 0.15) is 24.8 Å². The lowest BCUT2D eigenvalue weighted by Gasteiger charge is -2.27. The lowest BCUT2D eigenvalue weighted by molar-refractivity contribution is -0.117. The molecule has 90 valence electrons. The maximum atomic E-state index is 11.9. The molecule has 0 amide bonds. The monoisotopic (exact) mass is 229 g/mol. The summed E-state index contributed by atoms with van der Waals surface area (Å²) in [4.78, 5) is 14.2. The summed E-state index contributed by atoms with van der Waals surface area (Å²) in [7, 11) is 2.11. The first-order chi connectivity index (χ1) is 8.18. The molecule has 0 saturated heterocycles. The number of Topliss-reactive ketones (excluding diaryl/α,β-unsaturated/α-hetero) is 1. The Morgan fingerprint density at radius 1 is 1.29 bits per heavy atom. The highest BCUT2D eigenvalue weighted by Gasteiger charge is 2.23. The molecule has 2 heteroatoms. The van der Waals surface area contributed by atoms with Gasteiger partial charge in [0.2, 0.25) is 0 Å². The molecule has 1 unspecified atom stereocenters. The first-order valence-corrected chi connectivity index (χ1v) is 6.11. The number of benzene rings is 1. The molecule has 0 radical (unpaired) electrons. The van der Waals surface area contributed by atoms with Crippen molar-refractivity contribution in [3.8, 4) is 0 Å². The molecule has 17 heavy (non-hydrogen) atoms. The van der Waals surface area contributed by atoms with Crippen LogP contribution in [0.3, 0.4) is 0 Å². The largest absolute Gasteiger partial charge is 0.302 e. The van der Waals surface area contributed by atoms with E-state index < -0.39 is 0 Å². The SMILES string of the molecule is CC(=O)C(C1=CCCN(C)C1)c1ccccc1. The number of nitrogens with zero attached hydrogens (tertiary/aromatic N) is 1. The van der Waals surface area contributed by atoms with Crippen molar-refractivity contribution in [3.05, 3.63) is 47.5 Å². The van der Waals surface area contributed by atoms with Crippen LogP contribution in [0.5, 0.6) is 0 Å². The Labute approximate surface area is 103 Å². The third-order valence-corrected chi connectivity index (χ3v) is 3.28. The molecule has 1 aliphatic heterocycles. The van der Waals surface area contributed by atoms with E-state index in [2.05, 4.69) is 18.0 Å². The van der Waals surface area contributed by atoms with Gasteiger partial charge in [-0.25, -0.2) is 0 Å². The molecule has 0 bridgehead atoms. The Kier molecular flexibility index (Phi) is 3.75. The van der Waals surface area contributed by atoms with Crippen molar-refractivity contribution in [1.29, 1.82) is 0 Å². The molecule has 0 saturated carbocycles. The van der Waals surface area contributed by atoms with Gasteiger partial charge < -0.3 is 4.90 Å². The summed E-state index contributed by atoms with van der Waals surface area (Å²) in [5.41, 5.74) is 2.36. The van der Waals surface area contributed by atoms with Gasteiger partial charge in [-0.1, -0.05) is 36.4 Å². The second kappa shape index (κ2) is 5.28. The van der Waals surface area contributed by atoms with Gasteiger partial charge in [-0.2, -0.15) is 0 Å². The van der Waals surface area contributed by atoms with Crippen molar-refractivity contribution in [1.82, 2.24) is 4.90 Å². The summed E-state index contributed by atoms with van der Waals surface area (Å²) in [6, 6.07) is 10.1. The van der Waals surface area contributed by atoms with E-state index in [1.165, 1.54) is 5.57 Å². The molecule has 1 aromatic carbocycles. The van der Waals surface area contributed by atoms with Crippen molar-refractivity contribution >= 4 is 5.78 Å². The number of ketones is 1. The molecule has 0 aliphatic carbocycles. The fraction of sp³-hybridized carbons (Fsp3) is 0.400. The summed E-state index contributed by atoms with van der Waals surface area (Å²) < 4.78 is 0. The van der Waals surface area contributed by atoms with Crippen LogP contribution >= 0.6 is 0 Å². The lowest BCUT2D eigenvalue weighted by atomic mass is 9.86. The molecule has 0 N–H and O–H groups in total. The van der Waals surface area contributed by atoms with Crippen molar-refractivity contribution in [3.63, 3.8) is 0 Å². The molecule has 1 aromatic rings. The van der Waals surface area contributed by atoms with Gasteiger partial charge in [0.1, 0.15) is 5.78 Å². The Morgan fingerprint density at radius 2 is 2.00 bits per heavy atom. The van der Waals surface area contributed by atoms with E-state index in [-0.39, 0.29) is 11.7 Å². The maximum Gasteiger partial charge on any atom is 0.141 e. The minimum absolute atomic E-state index is 0.0565. The minimum Gasteiger partial charge on any atom is -0.302 e. The zero-order valence-corrected chi connectivity index (χ0v) is 10.5. The zero-order chi connectivity index (χ0) is 12.3. The normalized spacial score (nSPS) is 18.6. The standard InChI is InChI=1S/C15H19NO/c1-12(17)15(13-7-4-3-5-8-13)14-9-6-10-16(2)11-14/h3-5,7-9,15H,6,10-11H2,1-2H3. The maximum absolute atomic E-state index is 11.9. The third kappa shape index (κ3) is 2.83. The number of rotatable bonds is 3. The lowest BCUT2D eigenvalue weighted by Crippen LogP contribution is -2.29. The summed E-state index contributed by atoms with van der Waals surface area (Å²) >= 11 is 0. The van der Waals surface area contributed by atoms with Crippen LogP contribution in [0, 0.1) is 0 Å². The molecule has 1 heterocycles. The first-order valence-electron chi connectivity index (χ1n) is 6.11. The molecule has 1 aliphatic rings. The molecule has 1 atom stereocenters. The zero-order valence-electron chi connectivity index (χ0n) is 10.5. The molecule has 2 rings (SSSR count). The van der Waals surface area contributed by atoms with E-state index in [0.29, 0.717) is 0 Å². The molecular weight excluding hydrogens is 210 g/mol. The van der Waals surface area contributed by atoms with Crippen LogP contribution in [0.15, 0.2) is 42.0 Å². The smallest absolute Gasteiger partial charge is 0.141 e. The number of hydrogen-bond donors (Lipinski definition) is 0. The average Bonchev–Trinajstić information content (AvgIpc) is 2.30. The predicted molar refractivity (Wildman–Crippen MR) is 70.1 cm³/mol. The molecular formula is C15H19NO. The van der Waals surface area contributed by atoms with Gasteiger partial charge in [0.05, 0.1) is 5.92 Å². The van der Waals surface area contributed by atoms with E-state index in [9.17, 15) is 4.79 Å². The van der Waals surface area contributed by atoms with E-state index in [1.54, 1.807) is 6.92 Å². The number of carbonyl (C=O) groups is 1. The topological polar surface area (TPSA) is 20.3 Å². The van der Waals surface area contributed by atoms with Crippen LogP contribution in [0.4, 0.5) is 0 Å². The minimum atomic E-state index is -0.0565. The van der Waals surface area contributed by atoms with Gasteiger partial charge in [-0.15, -0.1) is 0 Å². The number of carbonyl (C=O) groups excluding carboxylic acids is 1. The highest BCUT2D eigenvalue weighted by molar-refractivity contribution is 5.86. The van der Waals surface area contributed by atoms with Crippen molar-refractivity contribution in [2.75, 3.05) is 20.1 Å². The first kappa shape index (κ1) is 12.1. The van der Waals surface area contributed by atoms with Crippen LogP contribution in [-0.4, -0.2) is 30.8 Å². The van der Waals surface area contributed by atoms with E-state index in [1.807, 2.05) is 30.3 Å². The Hall–Kier alpha value is -1.41. The molecule has 0 aromatic heterocycles. The van der Waals surface area contributed by atoms with Crippen LogP contribution < -0.4 is 0 Å². The predicted octanol–water partition coefficient (Wildman–Crippen LogP) is 2.62. The molecule has 0 spiro atoms. The second-order valence-corrected chi connectivity index (χ2v) is 4.76. The molecule has 2 nitrogen and oxygen atoms in total. The fourth-order valence-corrected chi connectivity index (χ4v) is 2.49. The fourth-order valence-electron chi connectivity index (χ4n) is 2.49. The molecule has 0 fully saturated rings. The summed E-state index contributed by atoms with van der Waals surface area (Å²) in [6.07, 6.45) is 3.28.